The molecule has 1 aromatic carbocycles. The van der Waals surface area contributed by atoms with Gasteiger partial charge < -0.3 is 16.0 Å². The van der Waals surface area contributed by atoms with Crippen molar-refractivity contribution in [1.82, 2.24) is 15.6 Å². The maximum Gasteiger partial charge on any atom is 0.315 e. The number of hydrogen-bond acceptors (Lipinski definition) is 3. The van der Waals surface area contributed by atoms with Crippen LogP contribution < -0.4 is 16.0 Å². The van der Waals surface area contributed by atoms with Gasteiger partial charge in [-0.2, -0.15) is 0 Å². The third kappa shape index (κ3) is 6.34. The van der Waals surface area contributed by atoms with Crippen LogP contribution >= 0.6 is 15.9 Å². The van der Waals surface area contributed by atoms with Crippen LogP contribution in [0.3, 0.4) is 0 Å². The van der Waals surface area contributed by atoms with E-state index in [9.17, 15) is 9.59 Å². The number of carbonyl (C=O) groups is 2. The van der Waals surface area contributed by atoms with Gasteiger partial charge in [-0.25, -0.2) is 4.79 Å². The quantitative estimate of drug-likeness (QED) is 0.585. The first-order chi connectivity index (χ1) is 13.3. The predicted molar refractivity (Wildman–Crippen MR) is 115 cm³/mol. The van der Waals surface area contributed by atoms with Crippen molar-refractivity contribution in [3.8, 4) is 0 Å². The van der Waals surface area contributed by atoms with Gasteiger partial charge in [0.25, 0.3) is 0 Å². The average Bonchev–Trinajstić information content (AvgIpc) is 2.62. The summed E-state index contributed by atoms with van der Waals surface area (Å²) < 4.78 is 0.962. The molecule has 0 radical (unpaired) electrons. The Morgan fingerprint density at radius 3 is 2.54 bits per heavy atom. The minimum atomic E-state index is -0.309. The zero-order valence-electron chi connectivity index (χ0n) is 16.7. The van der Waals surface area contributed by atoms with Crippen molar-refractivity contribution in [3.05, 3.63) is 57.8 Å². The van der Waals surface area contributed by atoms with E-state index in [1.54, 1.807) is 6.20 Å². The Labute approximate surface area is 174 Å². The molecular weight excluding hydrogens is 420 g/mol. The summed E-state index contributed by atoms with van der Waals surface area (Å²) in [6.45, 7) is 8.23. The summed E-state index contributed by atoms with van der Waals surface area (Å²) in [6, 6.07) is 9.01. The molecule has 0 aliphatic carbocycles. The molecule has 0 fully saturated rings. The number of amides is 3. The molecule has 1 atom stereocenters. The van der Waals surface area contributed by atoms with Crippen LogP contribution in [-0.2, 0) is 4.79 Å². The highest BCUT2D eigenvalue weighted by atomic mass is 79.9. The summed E-state index contributed by atoms with van der Waals surface area (Å²) >= 11 is 3.40. The molecule has 1 aromatic heterocycles. The molecule has 0 saturated carbocycles. The maximum atomic E-state index is 12.3. The molecule has 3 amide bonds. The number of anilines is 1. The second-order valence-electron chi connectivity index (χ2n) is 7.08. The largest absolute Gasteiger partial charge is 0.338 e. The highest BCUT2D eigenvalue weighted by Crippen LogP contribution is 2.22. The number of aryl methyl sites for hydroxylation is 2. The first kappa shape index (κ1) is 21.9. The Balaban J connectivity index is 1.84. The van der Waals surface area contributed by atoms with Gasteiger partial charge >= 0.3 is 6.03 Å². The smallest absolute Gasteiger partial charge is 0.315 e. The van der Waals surface area contributed by atoms with E-state index in [2.05, 4.69) is 36.9 Å². The number of rotatable bonds is 7. The molecule has 150 valence electrons. The minimum Gasteiger partial charge on any atom is -0.338 e. The lowest BCUT2D eigenvalue weighted by molar-refractivity contribution is -0.116. The summed E-state index contributed by atoms with van der Waals surface area (Å²) in [7, 11) is 0. The van der Waals surface area contributed by atoms with E-state index in [-0.39, 0.29) is 36.9 Å². The van der Waals surface area contributed by atoms with Gasteiger partial charge in [0.05, 0.1) is 11.7 Å². The van der Waals surface area contributed by atoms with Gasteiger partial charge in [-0.05, 0) is 55.2 Å². The number of carbonyl (C=O) groups excluding carboxylic acids is 2. The molecule has 2 rings (SSSR count). The summed E-state index contributed by atoms with van der Waals surface area (Å²) in [6.07, 6.45) is 1.92. The number of nitrogens with zero attached hydrogens (tertiary/aromatic N) is 1. The second kappa shape index (κ2) is 10.2. The minimum absolute atomic E-state index is 0.147. The molecule has 1 heterocycles. The molecule has 0 aliphatic rings. The molecule has 6 nitrogen and oxygen atoms in total. The van der Waals surface area contributed by atoms with Gasteiger partial charge in [-0.1, -0.05) is 35.8 Å². The number of halogens is 1. The van der Waals surface area contributed by atoms with Crippen LogP contribution in [0, 0.1) is 19.8 Å². The molecule has 0 bridgehead atoms. The lowest BCUT2D eigenvalue weighted by atomic mass is 9.97. The Hall–Kier alpha value is -2.41. The van der Waals surface area contributed by atoms with Gasteiger partial charge in [0.15, 0.2) is 0 Å². The number of aromatic nitrogens is 1. The molecule has 3 N–H and O–H groups in total. The van der Waals surface area contributed by atoms with E-state index in [4.69, 9.17) is 0 Å². The lowest BCUT2D eigenvalue weighted by Gasteiger charge is -2.23. The summed E-state index contributed by atoms with van der Waals surface area (Å²) in [4.78, 5) is 28.8. The van der Waals surface area contributed by atoms with E-state index in [1.807, 2.05) is 58.0 Å². The zero-order chi connectivity index (χ0) is 20.7. The lowest BCUT2D eigenvalue weighted by Crippen LogP contribution is -2.41. The van der Waals surface area contributed by atoms with Crippen LogP contribution in [0.15, 0.2) is 41.0 Å². The molecule has 0 saturated heterocycles. The van der Waals surface area contributed by atoms with Crippen LogP contribution in [-0.4, -0.2) is 23.5 Å². The molecule has 1 unspecified atom stereocenters. The zero-order valence-corrected chi connectivity index (χ0v) is 18.3. The van der Waals surface area contributed by atoms with Crippen molar-refractivity contribution in [1.29, 1.82) is 0 Å². The second-order valence-corrected chi connectivity index (χ2v) is 8.00. The van der Waals surface area contributed by atoms with E-state index in [0.29, 0.717) is 0 Å². The van der Waals surface area contributed by atoms with Crippen molar-refractivity contribution < 1.29 is 9.59 Å². The molecule has 2 aromatic rings. The average molecular weight is 447 g/mol. The number of hydrogen-bond donors (Lipinski definition) is 3. The van der Waals surface area contributed by atoms with Crippen molar-refractivity contribution >= 4 is 33.6 Å². The number of urea groups is 1. The van der Waals surface area contributed by atoms with Crippen molar-refractivity contribution in [3.63, 3.8) is 0 Å². The summed E-state index contributed by atoms with van der Waals surface area (Å²) in [5, 5.41) is 8.58. The summed E-state index contributed by atoms with van der Waals surface area (Å²) in [5.41, 5.74) is 3.63. The topological polar surface area (TPSA) is 83.1 Å². The van der Waals surface area contributed by atoms with E-state index >= 15 is 0 Å². The monoisotopic (exact) mass is 446 g/mol. The fourth-order valence-corrected chi connectivity index (χ4v) is 3.31. The molecule has 7 heteroatoms. The predicted octanol–water partition coefficient (Wildman–Crippen LogP) is 4.49. The third-order valence-corrected chi connectivity index (χ3v) is 4.89. The van der Waals surface area contributed by atoms with Crippen LogP contribution in [0.5, 0.6) is 0 Å². The van der Waals surface area contributed by atoms with Crippen LogP contribution in [0.2, 0.25) is 0 Å². The molecular formula is C21H27BrN4O2. The van der Waals surface area contributed by atoms with Gasteiger partial charge in [0.1, 0.15) is 0 Å². The van der Waals surface area contributed by atoms with Crippen molar-refractivity contribution in [2.24, 2.45) is 5.92 Å². The number of benzene rings is 1. The molecule has 28 heavy (non-hydrogen) atoms. The number of nitrogens with one attached hydrogen (secondary N) is 3. The van der Waals surface area contributed by atoms with Crippen molar-refractivity contribution in [2.45, 2.75) is 40.2 Å². The highest BCUT2D eigenvalue weighted by Gasteiger charge is 2.21. The van der Waals surface area contributed by atoms with Crippen molar-refractivity contribution in [2.75, 3.05) is 11.9 Å². The normalized spacial score (nSPS) is 11.8. The first-order valence-electron chi connectivity index (χ1n) is 9.29. The SMILES string of the molecule is Cc1cc(Br)ccc1NC(=O)CCNC(=O)NC(c1ncccc1C)C(C)C. The van der Waals surface area contributed by atoms with E-state index < -0.39 is 0 Å². The first-order valence-corrected chi connectivity index (χ1v) is 10.1. The Kier molecular flexibility index (Phi) is 7.99. The van der Waals surface area contributed by atoms with E-state index in [1.165, 1.54) is 0 Å². The Morgan fingerprint density at radius 2 is 1.89 bits per heavy atom. The molecule has 0 aliphatic heterocycles. The maximum absolute atomic E-state index is 12.3. The fourth-order valence-electron chi connectivity index (χ4n) is 2.84. The van der Waals surface area contributed by atoms with Gasteiger partial charge in [-0.15, -0.1) is 0 Å². The third-order valence-electron chi connectivity index (χ3n) is 4.40. The fraction of sp³-hybridized carbons (Fsp3) is 0.381. The van der Waals surface area contributed by atoms with Crippen LogP contribution in [0.1, 0.15) is 43.1 Å². The number of pyridine rings is 1. The summed E-state index contributed by atoms with van der Waals surface area (Å²) in [5.74, 6) is 0.0368. The Bertz CT molecular complexity index is 839. The highest BCUT2D eigenvalue weighted by molar-refractivity contribution is 9.10. The van der Waals surface area contributed by atoms with Crippen LogP contribution in [0.4, 0.5) is 10.5 Å². The van der Waals surface area contributed by atoms with Gasteiger partial charge in [0, 0.05) is 29.3 Å². The van der Waals surface area contributed by atoms with E-state index in [0.717, 1.165) is 27.0 Å². The van der Waals surface area contributed by atoms with Crippen LogP contribution in [0.25, 0.3) is 0 Å². The van der Waals surface area contributed by atoms with Gasteiger partial charge in [0.2, 0.25) is 5.91 Å². The Morgan fingerprint density at radius 1 is 1.14 bits per heavy atom. The van der Waals surface area contributed by atoms with Gasteiger partial charge in [-0.3, -0.25) is 9.78 Å². The molecule has 0 spiro atoms. The standard InChI is InChI=1S/C21H27BrN4O2/c1-13(2)19(20-14(3)6-5-10-23-20)26-21(28)24-11-9-18(27)25-17-8-7-16(22)12-15(17)4/h5-8,10,12-13,19H,9,11H2,1-4H3,(H,25,27)(H2,24,26,28).